The van der Waals surface area contributed by atoms with E-state index in [9.17, 15) is 0 Å². The number of fused-ring (bicyclic) bond motifs is 3. The van der Waals surface area contributed by atoms with Gasteiger partial charge in [-0.05, 0) is 47.6 Å². The van der Waals surface area contributed by atoms with E-state index in [1.165, 1.54) is 28.0 Å². The van der Waals surface area contributed by atoms with Crippen molar-refractivity contribution in [2.24, 2.45) is 0 Å². The van der Waals surface area contributed by atoms with Gasteiger partial charge in [-0.2, -0.15) is 0 Å². The lowest BCUT2D eigenvalue weighted by atomic mass is 9.91. The molecule has 3 rings (SSSR count). The molecule has 0 fully saturated rings. The van der Waals surface area contributed by atoms with Crippen molar-refractivity contribution in [2.75, 3.05) is 0 Å². The second-order valence-electron chi connectivity index (χ2n) is 5.26. The van der Waals surface area contributed by atoms with E-state index in [1.807, 2.05) is 11.8 Å². The molecule has 1 heteroatoms. The van der Waals surface area contributed by atoms with E-state index >= 15 is 0 Å². The predicted octanol–water partition coefficient (Wildman–Crippen LogP) is 4.94. The molecule has 1 aromatic carbocycles. The lowest BCUT2D eigenvalue weighted by Gasteiger charge is -2.13. The normalized spacial score (nSPS) is 21.4. The van der Waals surface area contributed by atoms with Gasteiger partial charge in [0.15, 0.2) is 0 Å². The van der Waals surface area contributed by atoms with E-state index in [-0.39, 0.29) is 0 Å². The molecule has 0 spiro atoms. The van der Waals surface area contributed by atoms with Gasteiger partial charge >= 0.3 is 0 Å². The Balaban J connectivity index is 2.14. The Bertz CT molecular complexity index is 521. The summed E-state index contributed by atoms with van der Waals surface area (Å²) < 4.78 is 0. The number of hydrogen-bond acceptors (Lipinski definition) is 1. The molecule has 17 heavy (non-hydrogen) atoms. The van der Waals surface area contributed by atoms with E-state index in [0.717, 1.165) is 0 Å². The first kappa shape index (κ1) is 11.2. The van der Waals surface area contributed by atoms with Crippen LogP contribution in [0, 0.1) is 6.92 Å². The van der Waals surface area contributed by atoms with Gasteiger partial charge in [0.05, 0.1) is 0 Å². The van der Waals surface area contributed by atoms with Crippen molar-refractivity contribution < 1.29 is 0 Å². The molecule has 0 saturated heterocycles. The molecule has 1 heterocycles. The number of rotatable bonds is 1. The van der Waals surface area contributed by atoms with Crippen LogP contribution in [-0.2, 0) is 0 Å². The van der Waals surface area contributed by atoms with Gasteiger partial charge in [-0.3, -0.25) is 0 Å². The summed E-state index contributed by atoms with van der Waals surface area (Å²) in [6.45, 7) is 6.80. The van der Waals surface area contributed by atoms with Gasteiger partial charge in [0, 0.05) is 10.1 Å². The minimum Gasteiger partial charge on any atom is -0.117 e. The fraction of sp³-hybridized carbons (Fsp3) is 0.375. The van der Waals surface area contributed by atoms with Crippen LogP contribution in [-0.4, -0.2) is 5.25 Å². The summed E-state index contributed by atoms with van der Waals surface area (Å²) in [5.74, 6) is 0.620. The average molecular weight is 242 g/mol. The molecule has 0 saturated carbocycles. The minimum absolute atomic E-state index is 0.620. The highest BCUT2D eigenvalue weighted by atomic mass is 32.2. The lowest BCUT2D eigenvalue weighted by Crippen LogP contribution is -2.01. The standard InChI is InChI=1S/C16H18S/c1-10(2)12-8-11(3)16-13-6-4-5-7-14(13)17-15(16)9-12/h4-6,8-10,14H,7H2,1-3H3. The number of hydrogen-bond donors (Lipinski definition) is 0. The zero-order chi connectivity index (χ0) is 12.0. The average Bonchev–Trinajstić information content (AvgIpc) is 2.67. The molecular weight excluding hydrogens is 224 g/mol. The molecular formula is C16H18S. The molecule has 0 bridgehead atoms. The first-order valence-electron chi connectivity index (χ1n) is 6.35. The van der Waals surface area contributed by atoms with Crippen LogP contribution >= 0.6 is 11.8 Å². The second-order valence-corrected chi connectivity index (χ2v) is 6.50. The number of thioether (sulfide) groups is 1. The van der Waals surface area contributed by atoms with Crippen molar-refractivity contribution in [3.8, 4) is 0 Å². The summed E-state index contributed by atoms with van der Waals surface area (Å²) in [6.07, 6.45) is 7.97. The molecule has 0 aromatic heterocycles. The fourth-order valence-electron chi connectivity index (χ4n) is 2.70. The molecule has 1 aliphatic heterocycles. The Labute approximate surface area is 108 Å². The number of benzene rings is 1. The van der Waals surface area contributed by atoms with Crippen molar-refractivity contribution in [1.29, 1.82) is 0 Å². The first-order valence-corrected chi connectivity index (χ1v) is 7.23. The van der Waals surface area contributed by atoms with Gasteiger partial charge in [-0.1, -0.05) is 38.1 Å². The van der Waals surface area contributed by atoms with Crippen LogP contribution in [0.15, 0.2) is 35.3 Å². The maximum atomic E-state index is 2.40. The molecule has 1 atom stereocenters. The van der Waals surface area contributed by atoms with Crippen LogP contribution in [0.3, 0.4) is 0 Å². The first-order chi connectivity index (χ1) is 8.16. The predicted molar refractivity (Wildman–Crippen MR) is 76.6 cm³/mol. The number of aryl methyl sites for hydroxylation is 1. The maximum Gasteiger partial charge on any atom is 0.0385 e. The molecule has 1 aromatic rings. The van der Waals surface area contributed by atoms with Gasteiger partial charge in [-0.25, -0.2) is 0 Å². The number of allylic oxidation sites excluding steroid dienone is 3. The van der Waals surface area contributed by atoms with Crippen LogP contribution in [0.5, 0.6) is 0 Å². The van der Waals surface area contributed by atoms with Crippen LogP contribution in [0.1, 0.15) is 42.9 Å². The van der Waals surface area contributed by atoms with E-state index < -0.39 is 0 Å². The van der Waals surface area contributed by atoms with Gasteiger partial charge in [0.25, 0.3) is 0 Å². The minimum atomic E-state index is 0.620. The Morgan fingerprint density at radius 3 is 2.88 bits per heavy atom. The van der Waals surface area contributed by atoms with Crippen LogP contribution in [0.4, 0.5) is 0 Å². The summed E-state index contributed by atoms with van der Waals surface area (Å²) in [5.41, 5.74) is 5.97. The SMILES string of the molecule is Cc1cc(C(C)C)cc2c1C1=CC=CCC1S2. The Morgan fingerprint density at radius 1 is 1.29 bits per heavy atom. The smallest absolute Gasteiger partial charge is 0.0385 e. The van der Waals surface area contributed by atoms with E-state index in [1.54, 1.807) is 5.57 Å². The Morgan fingerprint density at radius 2 is 2.12 bits per heavy atom. The highest BCUT2D eigenvalue weighted by molar-refractivity contribution is 8.00. The molecule has 1 aliphatic carbocycles. The quantitative estimate of drug-likeness (QED) is 0.672. The Hall–Kier alpha value is -0.950. The summed E-state index contributed by atoms with van der Waals surface area (Å²) in [5, 5.41) is 0.663. The molecule has 0 amide bonds. The van der Waals surface area contributed by atoms with Crippen molar-refractivity contribution >= 4 is 17.3 Å². The molecule has 88 valence electrons. The van der Waals surface area contributed by atoms with Gasteiger partial charge in [-0.15, -0.1) is 11.8 Å². The molecule has 0 radical (unpaired) electrons. The van der Waals surface area contributed by atoms with Gasteiger partial charge in [0.2, 0.25) is 0 Å². The third-order valence-corrected chi connectivity index (χ3v) is 4.96. The van der Waals surface area contributed by atoms with Crippen molar-refractivity contribution in [2.45, 2.75) is 43.3 Å². The molecule has 1 unspecified atom stereocenters. The molecule has 0 N–H and O–H groups in total. The van der Waals surface area contributed by atoms with Crippen molar-refractivity contribution in [3.05, 3.63) is 47.1 Å². The van der Waals surface area contributed by atoms with Crippen LogP contribution in [0.2, 0.25) is 0 Å². The maximum absolute atomic E-state index is 2.40. The summed E-state index contributed by atoms with van der Waals surface area (Å²) in [4.78, 5) is 1.49. The summed E-state index contributed by atoms with van der Waals surface area (Å²) in [7, 11) is 0. The largest absolute Gasteiger partial charge is 0.117 e. The third-order valence-electron chi connectivity index (χ3n) is 3.66. The second kappa shape index (κ2) is 4.06. The van der Waals surface area contributed by atoms with Crippen LogP contribution in [0.25, 0.3) is 5.57 Å². The fourth-order valence-corrected chi connectivity index (χ4v) is 4.13. The van der Waals surface area contributed by atoms with Crippen molar-refractivity contribution in [3.63, 3.8) is 0 Å². The zero-order valence-corrected chi connectivity index (χ0v) is 11.5. The highest BCUT2D eigenvalue weighted by Crippen LogP contribution is 2.49. The highest BCUT2D eigenvalue weighted by Gasteiger charge is 2.29. The van der Waals surface area contributed by atoms with E-state index in [4.69, 9.17) is 0 Å². The monoisotopic (exact) mass is 242 g/mol. The topological polar surface area (TPSA) is 0 Å². The third kappa shape index (κ3) is 1.77. The van der Waals surface area contributed by atoms with Crippen LogP contribution < -0.4 is 0 Å². The summed E-state index contributed by atoms with van der Waals surface area (Å²) in [6, 6.07) is 4.77. The van der Waals surface area contributed by atoms with Gasteiger partial charge < -0.3 is 0 Å². The molecule has 0 nitrogen and oxygen atoms in total. The molecule has 2 aliphatic rings. The van der Waals surface area contributed by atoms with E-state index in [0.29, 0.717) is 11.2 Å². The van der Waals surface area contributed by atoms with Crippen molar-refractivity contribution in [1.82, 2.24) is 0 Å². The summed E-state index contributed by atoms with van der Waals surface area (Å²) >= 11 is 2.05. The lowest BCUT2D eigenvalue weighted by molar-refractivity contribution is 0.859. The zero-order valence-electron chi connectivity index (χ0n) is 10.7. The Kier molecular flexibility index (Phi) is 2.67. The van der Waals surface area contributed by atoms with E-state index in [2.05, 4.69) is 51.1 Å². The van der Waals surface area contributed by atoms with Gasteiger partial charge in [0.1, 0.15) is 0 Å².